The van der Waals surface area contributed by atoms with E-state index in [2.05, 4.69) is 15.1 Å². The summed E-state index contributed by atoms with van der Waals surface area (Å²) < 4.78 is 1.29. The van der Waals surface area contributed by atoms with Gasteiger partial charge in [-0.3, -0.25) is 9.59 Å². The highest BCUT2D eigenvalue weighted by Crippen LogP contribution is 2.23. The third-order valence-corrected chi connectivity index (χ3v) is 4.70. The van der Waals surface area contributed by atoms with Crippen LogP contribution in [0.4, 0.5) is 0 Å². The third-order valence-electron chi connectivity index (χ3n) is 4.70. The van der Waals surface area contributed by atoms with Crippen LogP contribution in [0, 0.1) is 0 Å². The molecule has 3 aromatic rings. The van der Waals surface area contributed by atoms with Crippen molar-refractivity contribution in [1.82, 2.24) is 24.6 Å². The molecule has 7 nitrogen and oxygen atoms in total. The fourth-order valence-corrected chi connectivity index (χ4v) is 3.13. The molecule has 0 bridgehead atoms. The third kappa shape index (κ3) is 3.23. The van der Waals surface area contributed by atoms with E-state index in [0.29, 0.717) is 24.3 Å². The number of aromatic nitrogens is 4. The van der Waals surface area contributed by atoms with E-state index in [1.165, 1.54) is 10.7 Å². The van der Waals surface area contributed by atoms with Gasteiger partial charge < -0.3 is 4.90 Å². The zero-order valence-electron chi connectivity index (χ0n) is 15.2. The maximum atomic E-state index is 12.8. The molecular weight excluding hydrogens is 342 g/mol. The topological polar surface area (TPSA) is 81.0 Å². The Morgan fingerprint density at radius 3 is 2.59 bits per heavy atom. The predicted molar refractivity (Wildman–Crippen MR) is 99.9 cm³/mol. The van der Waals surface area contributed by atoms with Crippen molar-refractivity contribution in [1.29, 1.82) is 0 Å². The highest BCUT2D eigenvalue weighted by atomic mass is 16.2. The normalized spacial score (nSPS) is 12.9. The lowest BCUT2D eigenvalue weighted by atomic mass is 10.1. The smallest absolute Gasteiger partial charge is 0.266 e. The van der Waals surface area contributed by atoms with Crippen molar-refractivity contribution in [2.45, 2.75) is 26.4 Å². The lowest BCUT2D eigenvalue weighted by molar-refractivity contribution is 0.0750. The van der Waals surface area contributed by atoms with Gasteiger partial charge >= 0.3 is 0 Å². The van der Waals surface area contributed by atoms with Crippen LogP contribution < -0.4 is 5.56 Å². The number of aryl methyl sites for hydroxylation is 2. The summed E-state index contributed by atoms with van der Waals surface area (Å²) in [6.07, 6.45) is 2.60. The lowest BCUT2D eigenvalue weighted by Crippen LogP contribution is -2.25. The number of hydrogen-bond acceptors (Lipinski definition) is 5. The number of benzene rings is 1. The number of nitrogens with zero attached hydrogens (tertiary/aromatic N) is 5. The number of carbonyl (C=O) groups is 1. The summed E-state index contributed by atoms with van der Waals surface area (Å²) in [4.78, 5) is 34.9. The summed E-state index contributed by atoms with van der Waals surface area (Å²) in [6, 6.07) is 10.4. The van der Waals surface area contributed by atoms with Crippen molar-refractivity contribution in [2.75, 3.05) is 0 Å². The first kappa shape index (κ1) is 17.1. The lowest BCUT2D eigenvalue weighted by Gasteiger charge is -2.15. The summed E-state index contributed by atoms with van der Waals surface area (Å²) >= 11 is 0. The average Bonchev–Trinajstić information content (AvgIpc) is 3.13. The summed E-state index contributed by atoms with van der Waals surface area (Å²) in [5, 5.41) is 4.23. The van der Waals surface area contributed by atoms with E-state index in [0.717, 1.165) is 29.1 Å². The van der Waals surface area contributed by atoms with Gasteiger partial charge in [0.05, 0.1) is 17.9 Å². The van der Waals surface area contributed by atoms with Crippen LogP contribution in [0.25, 0.3) is 11.3 Å². The van der Waals surface area contributed by atoms with Crippen LogP contribution >= 0.6 is 0 Å². The largest absolute Gasteiger partial charge is 0.328 e. The van der Waals surface area contributed by atoms with Crippen LogP contribution in [0.15, 0.2) is 47.4 Å². The van der Waals surface area contributed by atoms with Gasteiger partial charge in [0.2, 0.25) is 0 Å². The van der Waals surface area contributed by atoms with E-state index >= 15 is 0 Å². The predicted octanol–water partition coefficient (Wildman–Crippen LogP) is 1.96. The van der Waals surface area contributed by atoms with Gasteiger partial charge in [-0.2, -0.15) is 5.10 Å². The second-order valence-corrected chi connectivity index (χ2v) is 6.53. The van der Waals surface area contributed by atoms with Gasteiger partial charge in [-0.25, -0.2) is 14.6 Å². The van der Waals surface area contributed by atoms with Crippen molar-refractivity contribution in [2.24, 2.45) is 7.05 Å². The summed E-state index contributed by atoms with van der Waals surface area (Å²) in [7, 11) is 1.61. The Balaban J connectivity index is 1.53. The van der Waals surface area contributed by atoms with E-state index in [1.54, 1.807) is 30.1 Å². The zero-order valence-corrected chi connectivity index (χ0v) is 15.2. The highest BCUT2D eigenvalue weighted by molar-refractivity contribution is 5.94. The molecule has 0 saturated heterocycles. The quantitative estimate of drug-likeness (QED) is 0.712. The van der Waals surface area contributed by atoms with E-state index in [-0.39, 0.29) is 11.5 Å². The molecule has 1 aromatic carbocycles. The molecule has 0 atom stereocenters. The minimum Gasteiger partial charge on any atom is -0.328 e. The molecule has 2 aromatic heterocycles. The van der Waals surface area contributed by atoms with Crippen molar-refractivity contribution >= 4 is 5.91 Å². The van der Waals surface area contributed by atoms with Crippen molar-refractivity contribution in [3.8, 4) is 11.3 Å². The van der Waals surface area contributed by atoms with Gasteiger partial charge in [-0.15, -0.1) is 0 Å². The molecule has 0 radical (unpaired) electrons. The number of fused-ring (bicyclic) bond motifs is 1. The number of amides is 1. The molecule has 0 aliphatic carbocycles. The molecule has 136 valence electrons. The Hall–Kier alpha value is -3.35. The molecule has 1 amide bonds. The first-order chi connectivity index (χ1) is 13.0. The highest BCUT2D eigenvalue weighted by Gasteiger charge is 2.26. The van der Waals surface area contributed by atoms with Crippen molar-refractivity contribution in [3.63, 3.8) is 0 Å². The monoisotopic (exact) mass is 361 g/mol. The molecule has 0 saturated carbocycles. The second-order valence-electron chi connectivity index (χ2n) is 6.53. The van der Waals surface area contributed by atoms with Gasteiger partial charge in [-0.1, -0.05) is 19.1 Å². The molecule has 1 aliphatic heterocycles. The molecule has 27 heavy (non-hydrogen) atoms. The number of hydrogen-bond donors (Lipinski definition) is 0. The minimum absolute atomic E-state index is 0.0361. The summed E-state index contributed by atoms with van der Waals surface area (Å²) in [5.41, 5.74) is 3.93. The molecule has 0 unspecified atom stereocenters. The van der Waals surface area contributed by atoms with Gasteiger partial charge in [0.1, 0.15) is 5.82 Å². The first-order valence-corrected chi connectivity index (χ1v) is 8.83. The van der Waals surface area contributed by atoms with Crippen LogP contribution in [0.5, 0.6) is 0 Å². The van der Waals surface area contributed by atoms with Gasteiger partial charge in [-0.05, 0) is 18.2 Å². The van der Waals surface area contributed by atoms with Gasteiger partial charge in [0.25, 0.3) is 11.5 Å². The second kappa shape index (κ2) is 6.75. The molecule has 0 spiro atoms. The molecule has 1 aliphatic rings. The number of rotatable bonds is 3. The SMILES string of the molecule is CCc1ncc2c(n1)CN(C(=O)c1ccc(-c3ccc(=O)n(C)n3)cc1)C2. The van der Waals surface area contributed by atoms with Crippen molar-refractivity contribution in [3.05, 3.63) is 75.6 Å². The standard InChI is InChI=1S/C20H19N5O2/c1-3-18-21-10-15-11-25(12-17(15)22-18)20(27)14-6-4-13(5-7-14)16-8-9-19(26)24(2)23-16/h4-10H,3,11-12H2,1-2H3. The summed E-state index contributed by atoms with van der Waals surface area (Å²) in [6.45, 7) is 3.05. The fraction of sp³-hybridized carbons (Fsp3) is 0.250. The Labute approximate surface area is 156 Å². The average molecular weight is 361 g/mol. The molecule has 0 N–H and O–H groups in total. The van der Waals surface area contributed by atoms with Crippen LogP contribution in [0.1, 0.15) is 34.4 Å². The van der Waals surface area contributed by atoms with E-state index < -0.39 is 0 Å². The van der Waals surface area contributed by atoms with Crippen LogP contribution in [0.2, 0.25) is 0 Å². The molecular formula is C20H19N5O2. The van der Waals surface area contributed by atoms with E-state index in [4.69, 9.17) is 0 Å². The fourth-order valence-electron chi connectivity index (χ4n) is 3.13. The van der Waals surface area contributed by atoms with E-state index in [1.807, 2.05) is 25.3 Å². The zero-order chi connectivity index (χ0) is 19.0. The molecule has 4 rings (SSSR count). The molecule has 7 heteroatoms. The molecule has 3 heterocycles. The Morgan fingerprint density at radius 2 is 1.89 bits per heavy atom. The Bertz CT molecular complexity index is 1070. The van der Waals surface area contributed by atoms with Crippen LogP contribution in [-0.2, 0) is 26.6 Å². The van der Waals surface area contributed by atoms with Gasteiger partial charge in [0, 0.05) is 49.0 Å². The maximum absolute atomic E-state index is 12.8. The Morgan fingerprint density at radius 1 is 1.11 bits per heavy atom. The van der Waals surface area contributed by atoms with Crippen molar-refractivity contribution < 1.29 is 4.79 Å². The first-order valence-electron chi connectivity index (χ1n) is 8.83. The minimum atomic E-state index is -0.159. The van der Waals surface area contributed by atoms with Crippen LogP contribution in [0.3, 0.4) is 0 Å². The maximum Gasteiger partial charge on any atom is 0.266 e. The Kier molecular flexibility index (Phi) is 4.27. The van der Waals surface area contributed by atoms with Gasteiger partial charge in [0.15, 0.2) is 0 Å². The molecule has 0 fully saturated rings. The summed E-state index contributed by atoms with van der Waals surface area (Å²) in [5.74, 6) is 0.767. The van der Waals surface area contributed by atoms with Crippen LogP contribution in [-0.4, -0.2) is 30.6 Å². The number of carbonyl (C=O) groups excluding carboxylic acids is 1. The van der Waals surface area contributed by atoms with E-state index in [9.17, 15) is 9.59 Å².